The number of amides is 1. The summed E-state index contributed by atoms with van der Waals surface area (Å²) in [6.07, 6.45) is 3.87. The maximum absolute atomic E-state index is 12.6. The lowest BCUT2D eigenvalue weighted by Crippen LogP contribution is -2.37. The number of aliphatic carboxylic acids is 1. The third-order valence-electron chi connectivity index (χ3n) is 4.13. The zero-order valence-electron chi connectivity index (χ0n) is 14.3. The van der Waals surface area contributed by atoms with Gasteiger partial charge in [0.1, 0.15) is 6.10 Å². The third-order valence-corrected chi connectivity index (χ3v) is 4.13. The zero-order chi connectivity index (χ0) is 18.2. The molecule has 2 rings (SSSR count). The number of carboxylic acid groups (broad SMARTS) is 1. The number of esters is 1. The number of carbonyl (C=O) groups is 3. The predicted octanol–water partition coefficient (Wildman–Crippen LogP) is 2.56. The number of benzene rings is 1. The van der Waals surface area contributed by atoms with Crippen LogP contribution in [0.2, 0.25) is 0 Å². The second-order valence-corrected chi connectivity index (χ2v) is 6.15. The lowest BCUT2D eigenvalue weighted by Gasteiger charge is -2.27. The van der Waals surface area contributed by atoms with Crippen LogP contribution in [0.5, 0.6) is 0 Å². The van der Waals surface area contributed by atoms with Gasteiger partial charge in [0.05, 0.1) is 18.9 Å². The van der Waals surface area contributed by atoms with Gasteiger partial charge in [0, 0.05) is 13.5 Å². The fraction of sp³-hybridized carbons (Fsp3) is 0.421. The Kier molecular flexibility index (Phi) is 6.74. The molecular formula is C19H23NO5. The van der Waals surface area contributed by atoms with Crippen LogP contribution in [-0.2, 0) is 19.1 Å². The molecule has 1 amide bonds. The van der Waals surface area contributed by atoms with Crippen molar-refractivity contribution in [2.45, 2.75) is 31.8 Å². The number of ether oxygens (including phenoxy) is 1. The van der Waals surface area contributed by atoms with Crippen LogP contribution in [0.25, 0.3) is 0 Å². The summed E-state index contributed by atoms with van der Waals surface area (Å²) in [5.74, 6) is -2.20. The van der Waals surface area contributed by atoms with Gasteiger partial charge in [-0.25, -0.2) is 0 Å². The molecule has 1 aliphatic rings. The minimum atomic E-state index is -1.00. The minimum absolute atomic E-state index is 0.189. The van der Waals surface area contributed by atoms with Crippen molar-refractivity contribution in [3.05, 3.63) is 48.0 Å². The average molecular weight is 345 g/mol. The van der Waals surface area contributed by atoms with Crippen LogP contribution in [0.15, 0.2) is 42.5 Å². The van der Waals surface area contributed by atoms with E-state index in [2.05, 4.69) is 0 Å². The van der Waals surface area contributed by atoms with Crippen LogP contribution < -0.4 is 0 Å². The van der Waals surface area contributed by atoms with Crippen LogP contribution in [0.1, 0.15) is 37.4 Å². The Labute approximate surface area is 147 Å². The molecule has 0 fully saturated rings. The van der Waals surface area contributed by atoms with Gasteiger partial charge in [0.25, 0.3) is 0 Å². The van der Waals surface area contributed by atoms with Gasteiger partial charge in [0.15, 0.2) is 0 Å². The standard InChI is InChI=1S/C19H23NO5/c1-20-13-16(14-8-4-2-5-9-14)25-18(23)11-7-3-6-10-15(19(20)24)12-17(21)22/h2-6,8-9,15-16H,7,10-13H2,1H3,(H,21,22)/b6-3-/t15-,16-/m0/s1. The van der Waals surface area contributed by atoms with Gasteiger partial charge in [-0.2, -0.15) is 0 Å². The first-order valence-corrected chi connectivity index (χ1v) is 8.33. The Morgan fingerprint density at radius 2 is 1.96 bits per heavy atom. The maximum atomic E-state index is 12.6. The summed E-state index contributed by atoms with van der Waals surface area (Å²) in [5, 5.41) is 9.06. The second kappa shape index (κ2) is 9.01. The van der Waals surface area contributed by atoms with E-state index in [9.17, 15) is 14.4 Å². The zero-order valence-corrected chi connectivity index (χ0v) is 14.3. The normalized spacial score (nSPS) is 24.0. The number of rotatable bonds is 3. The molecule has 1 N–H and O–H groups in total. The van der Waals surface area contributed by atoms with Crippen LogP contribution >= 0.6 is 0 Å². The molecule has 6 nitrogen and oxygen atoms in total. The van der Waals surface area contributed by atoms with Crippen molar-refractivity contribution >= 4 is 17.8 Å². The molecule has 1 aliphatic heterocycles. The molecule has 134 valence electrons. The second-order valence-electron chi connectivity index (χ2n) is 6.15. The Hall–Kier alpha value is -2.63. The van der Waals surface area contributed by atoms with Gasteiger partial charge in [-0.05, 0) is 18.4 Å². The molecule has 0 radical (unpaired) electrons. The van der Waals surface area contributed by atoms with E-state index in [0.29, 0.717) is 12.8 Å². The average Bonchev–Trinajstić information content (AvgIpc) is 2.58. The van der Waals surface area contributed by atoms with Crippen molar-refractivity contribution in [3.63, 3.8) is 0 Å². The monoisotopic (exact) mass is 345 g/mol. The Morgan fingerprint density at radius 3 is 2.64 bits per heavy atom. The Balaban J connectivity index is 2.24. The summed E-state index contributed by atoms with van der Waals surface area (Å²) in [6.45, 7) is 0.189. The summed E-state index contributed by atoms with van der Waals surface area (Å²) in [5.41, 5.74) is 0.804. The fourth-order valence-corrected chi connectivity index (χ4v) is 2.81. The number of hydrogen-bond acceptors (Lipinski definition) is 4. The minimum Gasteiger partial charge on any atom is -0.481 e. The molecule has 0 saturated carbocycles. The maximum Gasteiger partial charge on any atom is 0.306 e. The molecular weight excluding hydrogens is 322 g/mol. The lowest BCUT2D eigenvalue weighted by molar-refractivity contribution is -0.153. The van der Waals surface area contributed by atoms with E-state index in [1.54, 1.807) is 19.2 Å². The number of nitrogens with zero attached hydrogens (tertiary/aromatic N) is 1. The van der Waals surface area contributed by atoms with E-state index in [0.717, 1.165) is 5.56 Å². The van der Waals surface area contributed by atoms with Gasteiger partial charge >= 0.3 is 11.9 Å². The van der Waals surface area contributed by atoms with Crippen LogP contribution in [0, 0.1) is 5.92 Å². The van der Waals surface area contributed by atoms with E-state index < -0.39 is 18.0 Å². The number of carboxylic acids is 1. The predicted molar refractivity (Wildman–Crippen MR) is 91.6 cm³/mol. The van der Waals surface area contributed by atoms with Gasteiger partial charge < -0.3 is 14.7 Å². The highest BCUT2D eigenvalue weighted by molar-refractivity contribution is 5.83. The van der Waals surface area contributed by atoms with E-state index in [4.69, 9.17) is 9.84 Å². The number of allylic oxidation sites excluding steroid dienone is 2. The highest BCUT2D eigenvalue weighted by Crippen LogP contribution is 2.22. The largest absolute Gasteiger partial charge is 0.481 e. The molecule has 25 heavy (non-hydrogen) atoms. The summed E-state index contributed by atoms with van der Waals surface area (Å²) in [7, 11) is 1.61. The van der Waals surface area contributed by atoms with Crippen LogP contribution in [0.4, 0.5) is 0 Å². The first kappa shape index (κ1) is 18.7. The molecule has 0 bridgehead atoms. The number of likely N-dealkylation sites (N-methyl/N-ethyl adjacent to an activating group) is 1. The Morgan fingerprint density at radius 1 is 1.24 bits per heavy atom. The van der Waals surface area contributed by atoms with Crippen molar-refractivity contribution in [1.29, 1.82) is 0 Å². The molecule has 0 aliphatic carbocycles. The first-order chi connectivity index (χ1) is 12.0. The Bertz CT molecular complexity index is 640. The first-order valence-electron chi connectivity index (χ1n) is 8.33. The van der Waals surface area contributed by atoms with E-state index >= 15 is 0 Å². The van der Waals surface area contributed by atoms with Gasteiger partial charge in [0.2, 0.25) is 5.91 Å². The smallest absolute Gasteiger partial charge is 0.306 e. The van der Waals surface area contributed by atoms with E-state index in [-0.39, 0.29) is 31.3 Å². The van der Waals surface area contributed by atoms with Gasteiger partial charge in [-0.3, -0.25) is 14.4 Å². The van der Waals surface area contributed by atoms with Gasteiger partial charge in [-0.15, -0.1) is 0 Å². The number of cyclic esters (lactones) is 1. The molecule has 0 unspecified atom stereocenters. The lowest BCUT2D eigenvalue weighted by atomic mass is 9.98. The molecule has 1 aromatic rings. The summed E-state index contributed by atoms with van der Waals surface area (Å²) in [6, 6.07) is 9.24. The van der Waals surface area contributed by atoms with Gasteiger partial charge in [-0.1, -0.05) is 42.5 Å². The van der Waals surface area contributed by atoms with Crippen LogP contribution in [0.3, 0.4) is 0 Å². The highest BCUT2D eigenvalue weighted by Gasteiger charge is 2.27. The number of carbonyl (C=O) groups excluding carboxylic acids is 2. The molecule has 2 atom stereocenters. The summed E-state index contributed by atoms with van der Waals surface area (Å²) >= 11 is 0. The molecule has 6 heteroatoms. The van der Waals surface area contributed by atoms with Crippen molar-refractivity contribution in [2.24, 2.45) is 5.92 Å². The van der Waals surface area contributed by atoms with E-state index in [1.807, 2.05) is 30.3 Å². The van der Waals surface area contributed by atoms with Crippen LogP contribution in [-0.4, -0.2) is 41.4 Å². The van der Waals surface area contributed by atoms with Crippen molar-refractivity contribution < 1.29 is 24.2 Å². The third kappa shape index (κ3) is 5.74. The van der Waals surface area contributed by atoms with E-state index in [1.165, 1.54) is 4.90 Å². The summed E-state index contributed by atoms with van der Waals surface area (Å²) < 4.78 is 5.56. The SMILES string of the molecule is CN1C[C@@H](c2ccccc2)OC(=O)CC/C=C\C[C@@H](CC(=O)O)C1=O. The summed E-state index contributed by atoms with van der Waals surface area (Å²) in [4.78, 5) is 37.2. The highest BCUT2D eigenvalue weighted by atomic mass is 16.5. The number of hydrogen-bond donors (Lipinski definition) is 1. The quantitative estimate of drug-likeness (QED) is 0.672. The topological polar surface area (TPSA) is 83.9 Å². The fourth-order valence-electron chi connectivity index (χ4n) is 2.81. The van der Waals surface area contributed by atoms with Crippen molar-refractivity contribution in [2.75, 3.05) is 13.6 Å². The van der Waals surface area contributed by atoms with Crippen molar-refractivity contribution in [1.82, 2.24) is 4.90 Å². The molecule has 1 aromatic carbocycles. The molecule has 0 aromatic heterocycles. The molecule has 0 spiro atoms. The molecule has 1 heterocycles. The van der Waals surface area contributed by atoms with Crippen molar-refractivity contribution in [3.8, 4) is 0 Å². The molecule has 0 saturated heterocycles.